The molecule has 0 aliphatic carbocycles. The molecule has 0 saturated heterocycles. The Hall–Kier alpha value is 0.170. The van der Waals surface area contributed by atoms with E-state index < -0.39 is 6.29 Å². The van der Waals surface area contributed by atoms with Crippen LogP contribution in [0.3, 0.4) is 0 Å². The monoisotopic (exact) mass is 435 g/mol. The maximum atomic E-state index is 9.16. The SMILES string of the molecule is CCCCCCCCCCCCCCCCCCCCCCC(NC)C(O)O.Cl. The lowest BCUT2D eigenvalue weighted by Crippen LogP contribution is -2.37. The van der Waals surface area contributed by atoms with Crippen LogP contribution < -0.4 is 5.32 Å². The maximum absolute atomic E-state index is 9.16. The Kier molecular flexibility index (Phi) is 28.3. The van der Waals surface area contributed by atoms with Crippen molar-refractivity contribution in [3.8, 4) is 0 Å². The molecule has 0 rings (SSSR count). The topological polar surface area (TPSA) is 52.5 Å². The number of hydrogen-bond acceptors (Lipinski definition) is 3. The molecule has 178 valence electrons. The van der Waals surface area contributed by atoms with Gasteiger partial charge in [-0.05, 0) is 13.5 Å². The van der Waals surface area contributed by atoms with Crippen LogP contribution in [0.2, 0.25) is 0 Å². The van der Waals surface area contributed by atoms with E-state index in [-0.39, 0.29) is 18.4 Å². The highest BCUT2D eigenvalue weighted by atomic mass is 35.5. The fourth-order valence-corrected chi connectivity index (χ4v) is 4.06. The number of aliphatic hydroxyl groups excluding tert-OH is 1. The van der Waals surface area contributed by atoms with E-state index in [1.165, 1.54) is 122 Å². The van der Waals surface area contributed by atoms with Crippen LogP contribution in [0.1, 0.15) is 142 Å². The van der Waals surface area contributed by atoms with Crippen molar-refractivity contribution in [2.75, 3.05) is 7.05 Å². The van der Waals surface area contributed by atoms with Crippen molar-refractivity contribution in [2.24, 2.45) is 0 Å². The fraction of sp³-hybridized carbons (Fsp3) is 1.00. The molecule has 1 unspecified atom stereocenters. The summed E-state index contributed by atoms with van der Waals surface area (Å²) in [6.45, 7) is 2.29. The van der Waals surface area contributed by atoms with E-state index in [1.807, 2.05) is 0 Å². The Morgan fingerprint density at radius 2 is 0.793 bits per heavy atom. The number of rotatable bonds is 23. The lowest BCUT2D eigenvalue weighted by molar-refractivity contribution is -0.0674. The van der Waals surface area contributed by atoms with Crippen molar-refractivity contribution in [2.45, 2.75) is 154 Å². The molecule has 3 nitrogen and oxygen atoms in total. The van der Waals surface area contributed by atoms with Crippen molar-refractivity contribution < 1.29 is 10.2 Å². The van der Waals surface area contributed by atoms with Crippen LogP contribution >= 0.6 is 12.4 Å². The molecule has 1 atom stereocenters. The first-order chi connectivity index (χ1) is 13.7. The second kappa shape index (κ2) is 26.2. The second-order valence-corrected chi connectivity index (χ2v) is 8.81. The van der Waals surface area contributed by atoms with E-state index in [4.69, 9.17) is 10.2 Å². The predicted molar refractivity (Wildman–Crippen MR) is 131 cm³/mol. The number of unbranched alkanes of at least 4 members (excludes halogenated alkanes) is 19. The van der Waals surface area contributed by atoms with E-state index in [0.29, 0.717) is 0 Å². The quantitative estimate of drug-likeness (QED) is 0.115. The predicted octanol–water partition coefficient (Wildman–Crippen LogP) is 7.52. The van der Waals surface area contributed by atoms with Gasteiger partial charge in [-0.1, -0.05) is 135 Å². The van der Waals surface area contributed by atoms with Gasteiger partial charge in [-0.15, -0.1) is 12.4 Å². The Balaban J connectivity index is 0. The van der Waals surface area contributed by atoms with Gasteiger partial charge in [-0.3, -0.25) is 0 Å². The average molecular weight is 436 g/mol. The van der Waals surface area contributed by atoms with E-state index in [9.17, 15) is 0 Å². The molecule has 0 amide bonds. The summed E-state index contributed by atoms with van der Waals surface area (Å²) in [6.07, 6.45) is 27.5. The van der Waals surface area contributed by atoms with Gasteiger partial charge in [0, 0.05) is 0 Å². The molecule has 3 N–H and O–H groups in total. The van der Waals surface area contributed by atoms with Crippen molar-refractivity contribution in [1.29, 1.82) is 0 Å². The van der Waals surface area contributed by atoms with Gasteiger partial charge in [0.15, 0.2) is 6.29 Å². The van der Waals surface area contributed by atoms with Crippen LogP contribution in [0.5, 0.6) is 0 Å². The molecular formula is C25H54ClNO2. The highest BCUT2D eigenvalue weighted by Gasteiger charge is 2.12. The van der Waals surface area contributed by atoms with Crippen molar-refractivity contribution in [1.82, 2.24) is 5.32 Å². The number of hydrogen-bond donors (Lipinski definition) is 3. The van der Waals surface area contributed by atoms with E-state index >= 15 is 0 Å². The Bertz CT molecular complexity index is 290. The summed E-state index contributed by atoms with van der Waals surface area (Å²) in [5, 5.41) is 21.3. The molecule has 29 heavy (non-hydrogen) atoms. The standard InChI is InChI=1S/C25H53NO2.ClH/c1-3-4-5-6-7-8-9-10-11-12-13-14-15-16-17-18-19-20-21-22-23-24(26-2)25(27)28;/h24-28H,3-23H2,1-2H3;1H. The molecular weight excluding hydrogens is 382 g/mol. The lowest BCUT2D eigenvalue weighted by atomic mass is 10.0. The zero-order valence-corrected chi connectivity index (χ0v) is 20.6. The highest BCUT2D eigenvalue weighted by Crippen LogP contribution is 2.15. The summed E-state index contributed by atoms with van der Waals surface area (Å²) < 4.78 is 0. The molecule has 0 heterocycles. The van der Waals surface area contributed by atoms with Crippen LogP contribution in [0.4, 0.5) is 0 Å². The van der Waals surface area contributed by atoms with Crippen LogP contribution in [0.25, 0.3) is 0 Å². The molecule has 0 aromatic heterocycles. The van der Waals surface area contributed by atoms with Gasteiger partial charge in [0.25, 0.3) is 0 Å². The molecule has 0 spiro atoms. The highest BCUT2D eigenvalue weighted by molar-refractivity contribution is 5.85. The molecule has 0 aromatic rings. The summed E-state index contributed by atoms with van der Waals surface area (Å²) in [7, 11) is 1.79. The Morgan fingerprint density at radius 3 is 1.03 bits per heavy atom. The molecule has 0 aromatic carbocycles. The average Bonchev–Trinajstić information content (AvgIpc) is 2.69. The molecule has 4 heteroatoms. The molecule has 0 bridgehead atoms. The molecule has 0 aliphatic rings. The van der Waals surface area contributed by atoms with Crippen LogP contribution in [0.15, 0.2) is 0 Å². The van der Waals surface area contributed by atoms with Crippen molar-refractivity contribution in [3.05, 3.63) is 0 Å². The minimum absolute atomic E-state index is 0. The zero-order valence-electron chi connectivity index (χ0n) is 19.8. The number of nitrogens with one attached hydrogen (secondary N) is 1. The van der Waals surface area contributed by atoms with Crippen molar-refractivity contribution in [3.63, 3.8) is 0 Å². The summed E-state index contributed by atoms with van der Waals surface area (Å²) in [6, 6.07) is -0.171. The maximum Gasteiger partial charge on any atom is 0.167 e. The van der Waals surface area contributed by atoms with Gasteiger partial charge in [0.2, 0.25) is 0 Å². The third kappa shape index (κ3) is 24.3. The Morgan fingerprint density at radius 1 is 0.517 bits per heavy atom. The summed E-state index contributed by atoms with van der Waals surface area (Å²) >= 11 is 0. The van der Waals surface area contributed by atoms with Gasteiger partial charge in [-0.25, -0.2) is 0 Å². The van der Waals surface area contributed by atoms with Gasteiger partial charge < -0.3 is 15.5 Å². The van der Waals surface area contributed by atoms with Gasteiger partial charge in [-0.2, -0.15) is 0 Å². The Labute approximate surface area is 189 Å². The fourth-order valence-electron chi connectivity index (χ4n) is 4.06. The van der Waals surface area contributed by atoms with E-state index in [0.717, 1.165) is 12.8 Å². The minimum atomic E-state index is -1.23. The summed E-state index contributed by atoms with van der Waals surface area (Å²) in [5.74, 6) is 0. The third-order valence-corrected chi connectivity index (χ3v) is 6.10. The largest absolute Gasteiger partial charge is 0.367 e. The van der Waals surface area contributed by atoms with Crippen LogP contribution in [-0.4, -0.2) is 29.6 Å². The number of halogens is 1. The van der Waals surface area contributed by atoms with Crippen LogP contribution in [-0.2, 0) is 0 Å². The smallest absolute Gasteiger partial charge is 0.167 e. The van der Waals surface area contributed by atoms with Crippen LogP contribution in [0, 0.1) is 0 Å². The second-order valence-electron chi connectivity index (χ2n) is 8.81. The first kappa shape index (κ1) is 31.4. The molecule has 0 fully saturated rings. The van der Waals surface area contributed by atoms with Crippen molar-refractivity contribution >= 4 is 12.4 Å². The van der Waals surface area contributed by atoms with Gasteiger partial charge in [0.1, 0.15) is 0 Å². The molecule has 0 saturated carbocycles. The zero-order chi connectivity index (χ0) is 20.7. The minimum Gasteiger partial charge on any atom is -0.367 e. The first-order valence-electron chi connectivity index (χ1n) is 12.8. The number of likely N-dealkylation sites (N-methyl/N-ethyl adjacent to an activating group) is 1. The molecule has 0 aliphatic heterocycles. The van der Waals surface area contributed by atoms with E-state index in [1.54, 1.807) is 7.05 Å². The van der Waals surface area contributed by atoms with Gasteiger partial charge >= 0.3 is 0 Å². The number of aliphatic hydroxyl groups is 2. The normalized spacial score (nSPS) is 12.3. The molecule has 0 radical (unpaired) electrons. The summed E-state index contributed by atoms with van der Waals surface area (Å²) in [5.41, 5.74) is 0. The first-order valence-corrected chi connectivity index (χ1v) is 12.8. The lowest BCUT2D eigenvalue weighted by Gasteiger charge is -2.17. The summed E-state index contributed by atoms with van der Waals surface area (Å²) in [4.78, 5) is 0. The van der Waals surface area contributed by atoms with E-state index in [2.05, 4.69) is 12.2 Å². The van der Waals surface area contributed by atoms with Gasteiger partial charge in [0.05, 0.1) is 6.04 Å². The third-order valence-electron chi connectivity index (χ3n) is 6.10.